The summed E-state index contributed by atoms with van der Waals surface area (Å²) in [7, 11) is -3.59. The Morgan fingerprint density at radius 2 is 1.83 bits per heavy atom. The molecule has 2 aromatic rings. The Balaban J connectivity index is 1.73. The third-order valence-corrected chi connectivity index (χ3v) is 5.70. The first kappa shape index (κ1) is 17.3. The minimum absolute atomic E-state index is 0.0847. The number of nitrogens with one attached hydrogen (secondary N) is 1. The van der Waals surface area contributed by atoms with E-state index in [1.54, 1.807) is 41.8 Å². The van der Waals surface area contributed by atoms with Crippen molar-refractivity contribution in [2.75, 3.05) is 13.2 Å². The number of rotatable bonds is 8. The zero-order chi connectivity index (χ0) is 16.7. The number of hydrogen-bond acceptors (Lipinski definition) is 6. The van der Waals surface area contributed by atoms with Gasteiger partial charge in [-0.1, -0.05) is 36.4 Å². The van der Waals surface area contributed by atoms with E-state index in [4.69, 9.17) is 4.74 Å². The normalized spacial score (nSPS) is 11.1. The molecule has 1 heterocycles. The maximum absolute atomic E-state index is 11.8. The highest BCUT2D eigenvalue weighted by Gasteiger charge is 2.15. The number of esters is 1. The van der Waals surface area contributed by atoms with Crippen LogP contribution in [0.25, 0.3) is 0 Å². The van der Waals surface area contributed by atoms with E-state index < -0.39 is 16.0 Å². The van der Waals surface area contributed by atoms with Crippen LogP contribution >= 0.6 is 11.3 Å². The topological polar surface area (TPSA) is 89.5 Å². The van der Waals surface area contributed by atoms with Crippen LogP contribution in [0.4, 0.5) is 0 Å². The van der Waals surface area contributed by atoms with E-state index in [2.05, 4.69) is 4.72 Å². The Morgan fingerprint density at radius 1 is 1.09 bits per heavy atom. The highest BCUT2D eigenvalue weighted by molar-refractivity contribution is 7.91. The second-order valence-corrected chi connectivity index (χ2v) is 7.47. The Labute approximate surface area is 138 Å². The Bertz CT molecular complexity index is 754. The van der Waals surface area contributed by atoms with Gasteiger partial charge < -0.3 is 4.74 Å². The van der Waals surface area contributed by atoms with Gasteiger partial charge in [0.1, 0.15) is 4.21 Å². The fraction of sp³-hybridized carbons (Fsp3) is 0.200. The van der Waals surface area contributed by atoms with Crippen LogP contribution in [-0.2, 0) is 19.6 Å². The zero-order valence-corrected chi connectivity index (χ0v) is 13.7. The van der Waals surface area contributed by atoms with Crippen molar-refractivity contribution in [3.05, 3.63) is 53.4 Å². The summed E-state index contributed by atoms with van der Waals surface area (Å²) in [6.45, 7) is -0.445. The fourth-order valence-corrected chi connectivity index (χ4v) is 3.77. The average molecular weight is 353 g/mol. The van der Waals surface area contributed by atoms with Gasteiger partial charge in [0.2, 0.25) is 10.0 Å². The molecule has 0 saturated heterocycles. The van der Waals surface area contributed by atoms with Crippen molar-refractivity contribution < 1.29 is 22.7 Å². The quantitative estimate of drug-likeness (QED) is 0.578. The molecule has 0 amide bonds. The molecule has 1 aromatic heterocycles. The summed E-state index contributed by atoms with van der Waals surface area (Å²) in [5.41, 5.74) is 0.457. The number of ether oxygens (including phenoxy) is 1. The van der Waals surface area contributed by atoms with Crippen molar-refractivity contribution in [3.8, 4) is 0 Å². The molecule has 6 nitrogen and oxygen atoms in total. The number of Topliss-reactive ketones (excluding diaryl/α,β-unsaturated/α-hetero) is 1. The molecule has 0 fully saturated rings. The third kappa shape index (κ3) is 5.27. The standard InChI is InChI=1S/C15H15NO5S2/c17-13(12-5-2-1-3-6-12)11-21-14(18)8-9-16-23(19,20)15-7-4-10-22-15/h1-7,10,16H,8-9,11H2. The van der Waals surface area contributed by atoms with E-state index in [0.29, 0.717) is 5.56 Å². The first-order valence-electron chi connectivity index (χ1n) is 6.76. The number of hydrogen-bond donors (Lipinski definition) is 1. The van der Waals surface area contributed by atoms with Gasteiger partial charge in [-0.3, -0.25) is 9.59 Å². The van der Waals surface area contributed by atoms with Crippen molar-refractivity contribution in [3.63, 3.8) is 0 Å². The molecular weight excluding hydrogens is 338 g/mol. The SMILES string of the molecule is O=C(CCNS(=O)(=O)c1cccs1)OCC(=O)c1ccccc1. The van der Waals surface area contributed by atoms with E-state index in [0.717, 1.165) is 11.3 Å². The second-order valence-electron chi connectivity index (χ2n) is 4.53. The van der Waals surface area contributed by atoms with Gasteiger partial charge in [-0.15, -0.1) is 11.3 Å². The van der Waals surface area contributed by atoms with Crippen molar-refractivity contribution in [1.82, 2.24) is 4.72 Å². The van der Waals surface area contributed by atoms with Crippen molar-refractivity contribution in [2.24, 2.45) is 0 Å². The first-order chi connectivity index (χ1) is 11.0. The summed E-state index contributed by atoms with van der Waals surface area (Å²) < 4.78 is 31.0. The predicted octanol–water partition coefficient (Wildman–Crippen LogP) is 1.84. The highest BCUT2D eigenvalue weighted by atomic mass is 32.2. The van der Waals surface area contributed by atoms with Crippen LogP contribution in [0.15, 0.2) is 52.1 Å². The van der Waals surface area contributed by atoms with Crippen LogP contribution in [0, 0.1) is 0 Å². The molecule has 0 aliphatic heterocycles. The number of sulfonamides is 1. The Hall–Kier alpha value is -2.03. The maximum Gasteiger partial charge on any atom is 0.307 e. The number of carbonyl (C=O) groups is 2. The number of thiophene rings is 1. The summed E-state index contributed by atoms with van der Waals surface area (Å²) in [4.78, 5) is 23.3. The molecule has 8 heteroatoms. The lowest BCUT2D eigenvalue weighted by Gasteiger charge is -2.06. The van der Waals surface area contributed by atoms with Crippen molar-refractivity contribution in [1.29, 1.82) is 0 Å². The maximum atomic E-state index is 11.8. The molecule has 0 aliphatic rings. The van der Waals surface area contributed by atoms with Gasteiger partial charge in [0, 0.05) is 12.1 Å². The molecule has 1 aromatic carbocycles. The van der Waals surface area contributed by atoms with Gasteiger partial charge in [0.05, 0.1) is 6.42 Å². The third-order valence-electron chi connectivity index (χ3n) is 2.84. The molecule has 0 saturated carbocycles. The molecule has 23 heavy (non-hydrogen) atoms. The number of ketones is 1. The van der Waals surface area contributed by atoms with Crippen molar-refractivity contribution in [2.45, 2.75) is 10.6 Å². The van der Waals surface area contributed by atoms with Gasteiger partial charge >= 0.3 is 5.97 Å². The summed E-state index contributed by atoms with van der Waals surface area (Å²) >= 11 is 1.09. The molecule has 122 valence electrons. The van der Waals surface area contributed by atoms with Crippen LogP contribution in [0.3, 0.4) is 0 Å². The summed E-state index contributed by atoms with van der Waals surface area (Å²) in [5, 5.41) is 1.65. The predicted molar refractivity (Wildman–Crippen MR) is 85.9 cm³/mol. The van der Waals surface area contributed by atoms with Crippen LogP contribution in [0.5, 0.6) is 0 Å². The fourth-order valence-electron chi connectivity index (χ4n) is 1.70. The van der Waals surface area contributed by atoms with Gasteiger partial charge in [-0.25, -0.2) is 13.1 Å². The number of carbonyl (C=O) groups excluding carboxylic acids is 2. The molecule has 0 spiro atoms. The monoisotopic (exact) mass is 353 g/mol. The molecule has 0 aliphatic carbocycles. The zero-order valence-electron chi connectivity index (χ0n) is 12.1. The van der Waals surface area contributed by atoms with E-state index >= 15 is 0 Å². The van der Waals surface area contributed by atoms with E-state index in [-0.39, 0.29) is 29.6 Å². The van der Waals surface area contributed by atoms with Gasteiger partial charge in [0.15, 0.2) is 12.4 Å². The molecule has 2 rings (SSSR count). The Kier molecular flexibility index (Phi) is 6.03. The number of benzene rings is 1. The molecule has 0 atom stereocenters. The molecule has 0 radical (unpaired) electrons. The van der Waals surface area contributed by atoms with Crippen LogP contribution < -0.4 is 4.72 Å². The van der Waals surface area contributed by atoms with Gasteiger partial charge in [0.25, 0.3) is 0 Å². The minimum Gasteiger partial charge on any atom is -0.457 e. The smallest absolute Gasteiger partial charge is 0.307 e. The van der Waals surface area contributed by atoms with Crippen LogP contribution in [-0.4, -0.2) is 33.3 Å². The summed E-state index contributed by atoms with van der Waals surface area (Å²) in [6.07, 6.45) is -0.146. The summed E-state index contributed by atoms with van der Waals surface area (Å²) in [5.74, 6) is -0.943. The van der Waals surface area contributed by atoms with Crippen molar-refractivity contribution >= 4 is 33.1 Å². The van der Waals surface area contributed by atoms with Gasteiger partial charge in [-0.2, -0.15) is 0 Å². The lowest BCUT2D eigenvalue weighted by atomic mass is 10.1. The first-order valence-corrected chi connectivity index (χ1v) is 9.12. The Morgan fingerprint density at radius 3 is 2.48 bits per heavy atom. The average Bonchev–Trinajstić information content (AvgIpc) is 3.08. The molecule has 0 unspecified atom stereocenters. The van der Waals surface area contributed by atoms with E-state index in [1.165, 1.54) is 6.07 Å². The van der Waals surface area contributed by atoms with E-state index in [9.17, 15) is 18.0 Å². The lowest BCUT2D eigenvalue weighted by molar-refractivity contribution is -0.142. The molecule has 0 bridgehead atoms. The highest BCUT2D eigenvalue weighted by Crippen LogP contribution is 2.15. The summed E-state index contributed by atoms with van der Waals surface area (Å²) in [6, 6.07) is 11.6. The molecular formula is C15H15NO5S2. The van der Waals surface area contributed by atoms with Gasteiger partial charge in [-0.05, 0) is 11.4 Å². The van der Waals surface area contributed by atoms with Crippen LogP contribution in [0.2, 0.25) is 0 Å². The molecule has 1 N–H and O–H groups in total. The van der Waals surface area contributed by atoms with Crippen LogP contribution in [0.1, 0.15) is 16.8 Å². The van der Waals surface area contributed by atoms with E-state index in [1.807, 2.05) is 0 Å². The lowest BCUT2D eigenvalue weighted by Crippen LogP contribution is -2.26. The largest absolute Gasteiger partial charge is 0.457 e. The second kappa shape index (κ2) is 8.00. The minimum atomic E-state index is -3.59.